The highest BCUT2D eigenvalue weighted by Gasteiger charge is 2.28. The molecule has 0 atom stereocenters. The molecule has 0 fully saturated rings. The van der Waals surface area contributed by atoms with E-state index >= 15 is 0 Å². The quantitative estimate of drug-likeness (QED) is 0.319. The number of aromatic nitrogens is 3. The molecule has 0 aliphatic rings. The molecule has 0 saturated carbocycles. The fourth-order valence-electron chi connectivity index (χ4n) is 4.98. The Morgan fingerprint density at radius 3 is 2.13 bits per heavy atom. The Morgan fingerprint density at radius 1 is 0.774 bits per heavy atom. The van der Waals surface area contributed by atoms with E-state index in [0.717, 1.165) is 5.69 Å². The molecule has 0 N–H and O–H groups in total. The molecule has 3 nitrogen and oxygen atoms in total. The van der Waals surface area contributed by atoms with Crippen LogP contribution in [0.25, 0.3) is 33.8 Å². The van der Waals surface area contributed by atoms with E-state index in [-0.39, 0.29) is 0 Å². The first-order chi connectivity index (χ1) is 15.0. The Bertz CT molecular complexity index is 1390. The Kier molecular flexibility index (Phi) is 4.55. The zero-order valence-corrected chi connectivity index (χ0v) is 18.8. The highest BCUT2D eigenvalue weighted by molar-refractivity contribution is 5.92. The summed E-state index contributed by atoms with van der Waals surface area (Å²) in [4.78, 5) is 0. The maximum absolute atomic E-state index is 2.46. The summed E-state index contributed by atoms with van der Waals surface area (Å²) in [7, 11) is 2.13. The monoisotopic (exact) mass is 406 g/mol. The number of benzene rings is 3. The molecule has 0 bridgehead atoms. The maximum atomic E-state index is 2.46. The number of para-hydroxylation sites is 2. The lowest BCUT2D eigenvalue weighted by Crippen LogP contribution is -2.30. The second-order valence-electron chi connectivity index (χ2n) is 8.51. The van der Waals surface area contributed by atoms with Crippen molar-refractivity contribution in [2.45, 2.75) is 27.7 Å². The van der Waals surface area contributed by atoms with E-state index in [0.29, 0.717) is 0 Å². The first-order valence-corrected chi connectivity index (χ1v) is 10.8. The van der Waals surface area contributed by atoms with Crippen molar-refractivity contribution in [2.24, 2.45) is 7.05 Å². The van der Waals surface area contributed by atoms with Crippen LogP contribution in [-0.4, -0.2) is 9.13 Å². The summed E-state index contributed by atoms with van der Waals surface area (Å²) < 4.78 is 6.98. The van der Waals surface area contributed by atoms with E-state index in [1.54, 1.807) is 0 Å². The minimum absolute atomic E-state index is 1.16. The molecule has 5 aromatic rings. The Labute approximate surface area is 183 Å². The second-order valence-corrected chi connectivity index (χ2v) is 8.51. The van der Waals surface area contributed by atoms with E-state index < -0.39 is 0 Å². The van der Waals surface area contributed by atoms with Gasteiger partial charge in [-0.25, -0.2) is 4.57 Å². The molecule has 5 rings (SSSR count). The van der Waals surface area contributed by atoms with Crippen molar-refractivity contribution < 1.29 is 4.57 Å². The van der Waals surface area contributed by atoms with Crippen LogP contribution in [0.5, 0.6) is 0 Å². The second kappa shape index (κ2) is 7.28. The number of imidazole rings is 1. The molecule has 154 valence electrons. The third-order valence-electron chi connectivity index (χ3n) is 6.23. The fourth-order valence-corrected chi connectivity index (χ4v) is 4.98. The van der Waals surface area contributed by atoms with E-state index in [4.69, 9.17) is 0 Å². The molecule has 0 aliphatic heterocycles. The number of hydrogen-bond donors (Lipinski definition) is 0. The molecule has 0 saturated heterocycles. The van der Waals surface area contributed by atoms with Crippen molar-refractivity contribution in [3.8, 4) is 22.9 Å². The highest BCUT2D eigenvalue weighted by atomic mass is 15.2. The molecule has 0 spiro atoms. The van der Waals surface area contributed by atoms with Crippen molar-refractivity contribution in [2.75, 3.05) is 0 Å². The zero-order valence-electron chi connectivity index (χ0n) is 18.8. The SMILES string of the molecule is Cc1cc(C)c(-n2c(-c3n(-c4ccccc4)cc[n+]3C)c(C)c3ccccc32)c(C)c1. The van der Waals surface area contributed by atoms with E-state index in [1.807, 2.05) is 0 Å². The molecular weight excluding hydrogens is 378 g/mol. The van der Waals surface area contributed by atoms with Crippen LogP contribution in [0.3, 0.4) is 0 Å². The molecule has 0 amide bonds. The third-order valence-corrected chi connectivity index (χ3v) is 6.23. The largest absolute Gasteiger partial charge is 0.311 e. The van der Waals surface area contributed by atoms with Gasteiger partial charge in [0.1, 0.15) is 23.8 Å². The fraction of sp³-hybridized carbons (Fsp3) is 0.179. The summed E-state index contributed by atoms with van der Waals surface area (Å²) in [6, 6.07) is 23.9. The van der Waals surface area contributed by atoms with Gasteiger partial charge in [0.2, 0.25) is 0 Å². The Balaban J connectivity index is 1.93. The van der Waals surface area contributed by atoms with Crippen molar-refractivity contribution in [1.82, 2.24) is 9.13 Å². The normalized spacial score (nSPS) is 11.4. The molecule has 0 unspecified atom stereocenters. The highest BCUT2D eigenvalue weighted by Crippen LogP contribution is 2.37. The van der Waals surface area contributed by atoms with Crippen LogP contribution in [-0.2, 0) is 7.05 Å². The average Bonchev–Trinajstić information content (AvgIpc) is 3.26. The molecule has 31 heavy (non-hydrogen) atoms. The van der Waals surface area contributed by atoms with Gasteiger partial charge in [-0.1, -0.05) is 54.1 Å². The molecule has 2 aromatic heterocycles. The standard InChI is InChI=1S/C28H28N3/c1-19-17-20(2)26(21(3)18-19)31-25-14-10-9-13-24(25)22(4)27(31)28-29(5)15-16-30(28)23-11-7-6-8-12-23/h6-18H,1-5H3/q+1. The van der Waals surface area contributed by atoms with E-state index in [1.165, 1.54) is 50.4 Å². The van der Waals surface area contributed by atoms with Crippen molar-refractivity contribution in [3.63, 3.8) is 0 Å². The molecule has 0 radical (unpaired) electrons. The first-order valence-electron chi connectivity index (χ1n) is 10.8. The van der Waals surface area contributed by atoms with Crippen LogP contribution in [0.15, 0.2) is 79.1 Å². The Hall–Kier alpha value is -3.59. The van der Waals surface area contributed by atoms with E-state index in [9.17, 15) is 0 Å². The molecule has 2 heterocycles. The molecular formula is C28H28N3+. The first kappa shape index (κ1) is 19.4. The van der Waals surface area contributed by atoms with Crippen LogP contribution < -0.4 is 4.57 Å². The predicted molar refractivity (Wildman–Crippen MR) is 128 cm³/mol. The summed E-state index contributed by atoms with van der Waals surface area (Å²) in [5.41, 5.74) is 10.1. The van der Waals surface area contributed by atoms with Gasteiger partial charge in [-0.3, -0.25) is 0 Å². The number of nitrogens with zero attached hydrogens (tertiary/aromatic N) is 3. The molecule has 3 heteroatoms. The summed E-state index contributed by atoms with van der Waals surface area (Å²) in [5, 5.41) is 1.29. The van der Waals surface area contributed by atoms with Crippen LogP contribution in [0.4, 0.5) is 0 Å². The lowest BCUT2D eigenvalue weighted by Gasteiger charge is -2.17. The minimum atomic E-state index is 1.16. The molecule has 3 aromatic carbocycles. The van der Waals surface area contributed by atoms with Gasteiger partial charge in [-0.05, 0) is 62.6 Å². The van der Waals surface area contributed by atoms with Crippen LogP contribution in [0.1, 0.15) is 22.3 Å². The van der Waals surface area contributed by atoms with Crippen molar-refractivity contribution in [1.29, 1.82) is 0 Å². The van der Waals surface area contributed by atoms with Gasteiger partial charge in [0, 0.05) is 5.39 Å². The van der Waals surface area contributed by atoms with Gasteiger partial charge in [-0.2, -0.15) is 4.57 Å². The van der Waals surface area contributed by atoms with Gasteiger partial charge in [0.05, 0.1) is 18.3 Å². The van der Waals surface area contributed by atoms with E-state index in [2.05, 4.69) is 128 Å². The average molecular weight is 407 g/mol. The van der Waals surface area contributed by atoms with Gasteiger partial charge < -0.3 is 4.57 Å². The Morgan fingerprint density at radius 2 is 1.42 bits per heavy atom. The van der Waals surface area contributed by atoms with Crippen LogP contribution in [0.2, 0.25) is 0 Å². The smallest absolute Gasteiger partial charge is 0.302 e. The topological polar surface area (TPSA) is 13.7 Å². The van der Waals surface area contributed by atoms with Crippen molar-refractivity contribution in [3.05, 3.63) is 101 Å². The number of fused-ring (bicyclic) bond motifs is 1. The van der Waals surface area contributed by atoms with Gasteiger partial charge in [0.15, 0.2) is 0 Å². The number of hydrogen-bond acceptors (Lipinski definition) is 0. The summed E-state index contributed by atoms with van der Waals surface area (Å²) in [6.07, 6.45) is 4.29. The van der Waals surface area contributed by atoms with Crippen LogP contribution in [0, 0.1) is 27.7 Å². The minimum Gasteiger partial charge on any atom is -0.302 e. The zero-order chi connectivity index (χ0) is 21.7. The third kappa shape index (κ3) is 3.00. The van der Waals surface area contributed by atoms with Gasteiger partial charge in [0.25, 0.3) is 0 Å². The number of aryl methyl sites for hydroxylation is 5. The lowest BCUT2D eigenvalue weighted by molar-refractivity contribution is -0.659. The summed E-state index contributed by atoms with van der Waals surface area (Å²) in [6.45, 7) is 8.86. The summed E-state index contributed by atoms with van der Waals surface area (Å²) in [5.74, 6) is 1.17. The lowest BCUT2D eigenvalue weighted by atomic mass is 10.0. The van der Waals surface area contributed by atoms with Gasteiger partial charge in [-0.15, -0.1) is 0 Å². The summed E-state index contributed by atoms with van der Waals surface area (Å²) >= 11 is 0. The number of rotatable bonds is 3. The molecule has 0 aliphatic carbocycles. The maximum Gasteiger partial charge on any atom is 0.311 e. The van der Waals surface area contributed by atoms with Crippen LogP contribution >= 0.6 is 0 Å². The van der Waals surface area contributed by atoms with Gasteiger partial charge >= 0.3 is 5.82 Å². The van der Waals surface area contributed by atoms with Crippen molar-refractivity contribution >= 4 is 10.9 Å². The predicted octanol–water partition coefficient (Wildman–Crippen LogP) is 6.15.